The Morgan fingerprint density at radius 2 is 1.33 bits per heavy atom. The minimum Gasteiger partial charge on any atom is -0.325 e. The van der Waals surface area contributed by atoms with Crippen molar-refractivity contribution >= 4 is 34.1 Å². The summed E-state index contributed by atoms with van der Waals surface area (Å²) in [6, 6.07) is 34.1. The summed E-state index contributed by atoms with van der Waals surface area (Å²) in [5, 5.41) is 5.05. The van der Waals surface area contributed by atoms with Crippen LogP contribution in [0.25, 0.3) is 10.8 Å². The normalized spacial score (nSPS) is 11.9. The van der Waals surface area contributed by atoms with E-state index in [4.69, 9.17) is 0 Å². The number of hydrogen-bond acceptors (Lipinski definition) is 2. The van der Waals surface area contributed by atoms with Crippen LogP contribution in [0.4, 0.5) is 5.69 Å². The van der Waals surface area contributed by atoms with Crippen LogP contribution in [0.1, 0.15) is 10.8 Å². The van der Waals surface area contributed by atoms with Gasteiger partial charge in [-0.25, -0.2) is 0 Å². The zero-order chi connectivity index (χ0) is 18.5. The third-order valence-corrected chi connectivity index (χ3v) is 5.62. The molecule has 0 aliphatic heterocycles. The van der Waals surface area contributed by atoms with Gasteiger partial charge in [0.15, 0.2) is 0 Å². The van der Waals surface area contributed by atoms with E-state index in [0.29, 0.717) is 0 Å². The first-order valence-electron chi connectivity index (χ1n) is 8.86. The van der Waals surface area contributed by atoms with Gasteiger partial charge in [0.05, 0.1) is 0 Å². The lowest BCUT2D eigenvalue weighted by molar-refractivity contribution is -0.115. The quantitative estimate of drug-likeness (QED) is 0.418. The van der Waals surface area contributed by atoms with Gasteiger partial charge in [-0.2, -0.15) is 0 Å². The third-order valence-electron chi connectivity index (χ3n) is 4.35. The molecule has 132 valence electrons. The molecule has 0 aliphatic rings. The highest BCUT2D eigenvalue weighted by Crippen LogP contribution is 2.36. The predicted molar refractivity (Wildman–Crippen MR) is 114 cm³/mol. The van der Waals surface area contributed by atoms with Crippen molar-refractivity contribution in [2.24, 2.45) is 0 Å². The van der Waals surface area contributed by atoms with Crippen molar-refractivity contribution in [3.63, 3.8) is 0 Å². The van der Waals surface area contributed by atoms with E-state index in [1.54, 1.807) is 11.8 Å². The molecule has 0 heterocycles. The zero-order valence-corrected chi connectivity index (χ0v) is 15.5. The van der Waals surface area contributed by atoms with Crippen molar-refractivity contribution in [1.29, 1.82) is 0 Å². The Balaban J connectivity index is 1.61. The molecular formula is C24H19NOS. The van der Waals surface area contributed by atoms with E-state index in [9.17, 15) is 4.79 Å². The first-order valence-corrected chi connectivity index (χ1v) is 9.74. The van der Waals surface area contributed by atoms with Gasteiger partial charge < -0.3 is 5.32 Å². The Bertz CT molecular complexity index is 1050. The number of benzene rings is 4. The lowest BCUT2D eigenvalue weighted by Crippen LogP contribution is -2.19. The van der Waals surface area contributed by atoms with Gasteiger partial charge in [0.2, 0.25) is 5.91 Å². The second kappa shape index (κ2) is 8.11. The first kappa shape index (κ1) is 17.4. The number of rotatable bonds is 5. The van der Waals surface area contributed by atoms with Gasteiger partial charge in [-0.1, -0.05) is 78.9 Å². The number of thioether (sulfide) groups is 1. The zero-order valence-electron chi connectivity index (χ0n) is 14.7. The predicted octanol–water partition coefficient (Wildman–Crippen LogP) is 6.31. The Morgan fingerprint density at radius 3 is 2.07 bits per heavy atom. The lowest BCUT2D eigenvalue weighted by atomic mass is 10.1. The van der Waals surface area contributed by atoms with Gasteiger partial charge >= 0.3 is 0 Å². The van der Waals surface area contributed by atoms with Crippen LogP contribution in [0.3, 0.4) is 0 Å². The monoisotopic (exact) mass is 369 g/mol. The molecule has 4 aromatic carbocycles. The summed E-state index contributed by atoms with van der Waals surface area (Å²) in [5.41, 5.74) is 1.80. The lowest BCUT2D eigenvalue weighted by Gasteiger charge is -2.17. The molecule has 0 spiro atoms. The van der Waals surface area contributed by atoms with Crippen LogP contribution in [0.15, 0.2) is 108 Å². The largest absolute Gasteiger partial charge is 0.325 e. The molecule has 0 saturated carbocycles. The van der Waals surface area contributed by atoms with Crippen molar-refractivity contribution in [2.75, 3.05) is 5.32 Å². The maximum atomic E-state index is 13.1. The molecule has 2 nitrogen and oxygen atoms in total. The highest BCUT2D eigenvalue weighted by molar-refractivity contribution is 8.00. The van der Waals surface area contributed by atoms with Gasteiger partial charge in [-0.3, -0.25) is 4.79 Å². The summed E-state index contributed by atoms with van der Waals surface area (Å²) >= 11 is 1.56. The molecule has 1 N–H and O–H groups in total. The molecule has 1 atom stereocenters. The third kappa shape index (κ3) is 4.21. The summed E-state index contributed by atoms with van der Waals surface area (Å²) in [5.74, 6) is -0.0228. The Kier molecular flexibility index (Phi) is 5.22. The van der Waals surface area contributed by atoms with Gasteiger partial charge in [0.25, 0.3) is 0 Å². The van der Waals surface area contributed by atoms with E-state index in [0.717, 1.165) is 26.9 Å². The van der Waals surface area contributed by atoms with Crippen LogP contribution in [0, 0.1) is 0 Å². The summed E-state index contributed by atoms with van der Waals surface area (Å²) in [6.07, 6.45) is 0. The van der Waals surface area contributed by atoms with Crippen LogP contribution in [0.2, 0.25) is 0 Å². The van der Waals surface area contributed by atoms with Crippen molar-refractivity contribution in [3.8, 4) is 0 Å². The number of carbonyl (C=O) groups is 1. The van der Waals surface area contributed by atoms with Gasteiger partial charge in [-0.05, 0) is 40.6 Å². The van der Waals surface area contributed by atoms with Crippen molar-refractivity contribution in [3.05, 3.63) is 109 Å². The fourth-order valence-electron chi connectivity index (χ4n) is 3.01. The minimum atomic E-state index is -0.319. The molecule has 0 radical (unpaired) electrons. The van der Waals surface area contributed by atoms with E-state index >= 15 is 0 Å². The molecule has 27 heavy (non-hydrogen) atoms. The number of nitrogens with one attached hydrogen (secondary N) is 1. The average Bonchev–Trinajstić information content (AvgIpc) is 2.73. The molecule has 3 heteroatoms. The summed E-state index contributed by atoms with van der Waals surface area (Å²) in [7, 11) is 0. The fourth-order valence-corrected chi connectivity index (χ4v) is 4.06. The van der Waals surface area contributed by atoms with E-state index in [2.05, 4.69) is 17.4 Å². The second-order valence-electron chi connectivity index (χ2n) is 6.27. The Labute approximate surface area is 163 Å². The van der Waals surface area contributed by atoms with E-state index < -0.39 is 0 Å². The van der Waals surface area contributed by atoms with Crippen LogP contribution >= 0.6 is 11.8 Å². The second-order valence-corrected chi connectivity index (χ2v) is 7.45. The standard InChI is InChI=1S/C24H19NOS/c26-24(25-21-16-15-18-9-7-8-12-20(18)17-21)23(19-10-3-1-4-11-19)27-22-13-5-2-6-14-22/h1-17,23H,(H,25,26)/t23-/m1/s1. The number of anilines is 1. The molecule has 0 saturated heterocycles. The van der Waals surface area contributed by atoms with Gasteiger partial charge in [0.1, 0.15) is 5.25 Å². The number of carbonyl (C=O) groups excluding carboxylic acids is 1. The van der Waals surface area contributed by atoms with Crippen LogP contribution < -0.4 is 5.32 Å². The number of hydrogen-bond donors (Lipinski definition) is 1. The summed E-state index contributed by atoms with van der Waals surface area (Å²) < 4.78 is 0. The Hall–Kier alpha value is -3.04. The van der Waals surface area contributed by atoms with E-state index in [1.165, 1.54) is 0 Å². The molecule has 0 fully saturated rings. The SMILES string of the molecule is O=C(Nc1ccc2ccccc2c1)[C@H](Sc1ccccc1)c1ccccc1. The highest BCUT2D eigenvalue weighted by atomic mass is 32.2. The maximum absolute atomic E-state index is 13.1. The van der Waals surface area contributed by atoms with Crippen molar-refractivity contribution < 1.29 is 4.79 Å². The van der Waals surface area contributed by atoms with Crippen LogP contribution in [0.5, 0.6) is 0 Å². The van der Waals surface area contributed by atoms with E-state index in [1.807, 2.05) is 91.0 Å². The molecule has 4 aromatic rings. The van der Waals surface area contributed by atoms with Crippen molar-refractivity contribution in [1.82, 2.24) is 0 Å². The smallest absolute Gasteiger partial charge is 0.242 e. The molecule has 4 rings (SSSR count). The minimum absolute atomic E-state index is 0.0228. The summed E-state index contributed by atoms with van der Waals surface area (Å²) in [4.78, 5) is 14.2. The van der Waals surface area contributed by atoms with Gasteiger partial charge in [-0.15, -0.1) is 11.8 Å². The molecular weight excluding hydrogens is 350 g/mol. The molecule has 0 aromatic heterocycles. The highest BCUT2D eigenvalue weighted by Gasteiger charge is 2.22. The van der Waals surface area contributed by atoms with E-state index in [-0.39, 0.29) is 11.2 Å². The number of fused-ring (bicyclic) bond motifs is 1. The maximum Gasteiger partial charge on any atom is 0.242 e. The number of amides is 1. The summed E-state index contributed by atoms with van der Waals surface area (Å²) in [6.45, 7) is 0. The topological polar surface area (TPSA) is 29.1 Å². The molecule has 1 amide bonds. The Morgan fingerprint density at radius 1 is 0.704 bits per heavy atom. The van der Waals surface area contributed by atoms with Crippen molar-refractivity contribution in [2.45, 2.75) is 10.1 Å². The molecule has 0 unspecified atom stereocenters. The molecule has 0 bridgehead atoms. The average molecular weight is 369 g/mol. The van der Waals surface area contributed by atoms with Crippen LogP contribution in [-0.2, 0) is 4.79 Å². The fraction of sp³-hybridized carbons (Fsp3) is 0.0417. The van der Waals surface area contributed by atoms with Crippen LogP contribution in [-0.4, -0.2) is 5.91 Å². The molecule has 0 aliphatic carbocycles. The first-order chi connectivity index (χ1) is 13.3. The van der Waals surface area contributed by atoms with Gasteiger partial charge in [0, 0.05) is 10.6 Å².